The topological polar surface area (TPSA) is 91.4 Å². The van der Waals surface area contributed by atoms with Gasteiger partial charge in [-0.25, -0.2) is 4.79 Å². The van der Waals surface area contributed by atoms with Crippen molar-refractivity contribution in [2.24, 2.45) is 0 Å². The Bertz CT molecular complexity index is 686. The molecule has 1 aromatic carbocycles. The molecule has 0 unspecified atom stereocenters. The molecule has 0 radical (unpaired) electrons. The van der Waals surface area contributed by atoms with Gasteiger partial charge in [0.2, 0.25) is 0 Å². The molecule has 1 fully saturated rings. The molecular formula is C15H16N2O4. The van der Waals surface area contributed by atoms with E-state index in [4.69, 9.17) is 4.74 Å². The van der Waals surface area contributed by atoms with Crippen molar-refractivity contribution in [3.8, 4) is 0 Å². The number of H-pyrrole nitrogens is 1. The monoisotopic (exact) mass is 288 g/mol. The molecule has 1 aliphatic rings. The summed E-state index contributed by atoms with van der Waals surface area (Å²) in [6, 6.07) is 7.11. The highest BCUT2D eigenvalue weighted by Crippen LogP contribution is 2.22. The number of carbonyl (C=O) groups excluding carboxylic acids is 1. The van der Waals surface area contributed by atoms with Crippen molar-refractivity contribution in [1.82, 2.24) is 10.3 Å². The Hall–Kier alpha value is -2.34. The summed E-state index contributed by atoms with van der Waals surface area (Å²) < 4.78 is 5.19. The zero-order valence-corrected chi connectivity index (χ0v) is 11.4. The SMILES string of the molecule is O=C(NC1(C(=O)O)CCOCC1)c1ccc2[nH]ccc2c1. The number of fused-ring (bicyclic) bond motifs is 1. The van der Waals surface area contributed by atoms with Crippen LogP contribution in [0.5, 0.6) is 0 Å². The summed E-state index contributed by atoms with van der Waals surface area (Å²) in [5.41, 5.74) is 0.155. The third-order valence-corrected chi connectivity index (χ3v) is 3.92. The lowest BCUT2D eigenvalue weighted by molar-refractivity contribution is -0.148. The molecule has 3 rings (SSSR count). The van der Waals surface area contributed by atoms with Crippen LogP contribution in [0, 0.1) is 0 Å². The second-order valence-electron chi connectivity index (χ2n) is 5.23. The summed E-state index contributed by atoms with van der Waals surface area (Å²) in [7, 11) is 0. The van der Waals surface area contributed by atoms with E-state index in [1.807, 2.05) is 12.1 Å². The Kier molecular flexibility index (Phi) is 3.39. The summed E-state index contributed by atoms with van der Waals surface area (Å²) in [5.74, 6) is -1.38. The lowest BCUT2D eigenvalue weighted by Crippen LogP contribution is -2.57. The minimum absolute atomic E-state index is 0.278. The predicted octanol–water partition coefficient (Wildman–Crippen LogP) is 1.53. The van der Waals surface area contributed by atoms with Crippen molar-refractivity contribution < 1.29 is 19.4 Å². The summed E-state index contributed by atoms with van der Waals surface area (Å²) in [5, 5.41) is 13.0. The Morgan fingerprint density at radius 2 is 2.00 bits per heavy atom. The Balaban J connectivity index is 1.85. The first-order valence-electron chi connectivity index (χ1n) is 6.82. The van der Waals surface area contributed by atoms with Crippen molar-refractivity contribution in [2.45, 2.75) is 18.4 Å². The minimum atomic E-state index is -1.23. The van der Waals surface area contributed by atoms with Gasteiger partial charge in [-0.15, -0.1) is 0 Å². The zero-order valence-electron chi connectivity index (χ0n) is 11.4. The molecule has 2 aromatic rings. The van der Waals surface area contributed by atoms with Crippen LogP contribution < -0.4 is 5.32 Å². The van der Waals surface area contributed by atoms with Crippen LogP contribution in [0.2, 0.25) is 0 Å². The summed E-state index contributed by atoms with van der Waals surface area (Å²) in [6.07, 6.45) is 2.35. The molecule has 0 spiro atoms. The van der Waals surface area contributed by atoms with E-state index in [-0.39, 0.29) is 18.7 Å². The number of ether oxygens (including phenoxy) is 1. The van der Waals surface area contributed by atoms with Crippen LogP contribution >= 0.6 is 0 Å². The summed E-state index contributed by atoms with van der Waals surface area (Å²) in [6.45, 7) is 0.673. The van der Waals surface area contributed by atoms with E-state index < -0.39 is 11.5 Å². The van der Waals surface area contributed by atoms with E-state index in [2.05, 4.69) is 10.3 Å². The Morgan fingerprint density at radius 3 is 2.71 bits per heavy atom. The first-order chi connectivity index (χ1) is 10.1. The van der Waals surface area contributed by atoms with Crippen molar-refractivity contribution in [1.29, 1.82) is 0 Å². The van der Waals surface area contributed by atoms with Crippen molar-refractivity contribution in [3.63, 3.8) is 0 Å². The lowest BCUT2D eigenvalue weighted by Gasteiger charge is -2.33. The zero-order chi connectivity index (χ0) is 14.9. The van der Waals surface area contributed by atoms with Crippen LogP contribution in [0.1, 0.15) is 23.2 Å². The van der Waals surface area contributed by atoms with Crippen molar-refractivity contribution >= 4 is 22.8 Å². The second kappa shape index (κ2) is 5.21. The molecule has 0 atom stereocenters. The fraction of sp³-hybridized carbons (Fsp3) is 0.333. The molecular weight excluding hydrogens is 272 g/mol. The number of carbonyl (C=O) groups is 2. The van der Waals surface area contributed by atoms with Crippen LogP contribution in [0.3, 0.4) is 0 Å². The van der Waals surface area contributed by atoms with E-state index in [0.29, 0.717) is 18.8 Å². The van der Waals surface area contributed by atoms with Gasteiger partial charge in [-0.1, -0.05) is 0 Å². The molecule has 1 saturated heterocycles. The molecule has 0 aliphatic carbocycles. The van der Waals surface area contributed by atoms with Gasteiger partial charge in [-0.05, 0) is 24.3 Å². The smallest absolute Gasteiger partial charge is 0.329 e. The molecule has 1 aromatic heterocycles. The van der Waals surface area contributed by atoms with Gasteiger partial charge in [-0.2, -0.15) is 0 Å². The number of aromatic amines is 1. The number of aliphatic carboxylic acids is 1. The molecule has 21 heavy (non-hydrogen) atoms. The number of aromatic nitrogens is 1. The number of carboxylic acids is 1. The molecule has 6 heteroatoms. The highest BCUT2D eigenvalue weighted by Gasteiger charge is 2.41. The van der Waals surface area contributed by atoms with Gasteiger partial charge in [-0.3, -0.25) is 4.79 Å². The fourth-order valence-electron chi connectivity index (χ4n) is 2.60. The van der Waals surface area contributed by atoms with Gasteiger partial charge < -0.3 is 20.1 Å². The summed E-state index contributed by atoms with van der Waals surface area (Å²) in [4.78, 5) is 27.0. The van der Waals surface area contributed by atoms with E-state index in [9.17, 15) is 14.7 Å². The van der Waals surface area contributed by atoms with Crippen LogP contribution in [0.25, 0.3) is 10.9 Å². The van der Waals surface area contributed by atoms with Gasteiger partial charge >= 0.3 is 5.97 Å². The highest BCUT2D eigenvalue weighted by molar-refractivity contribution is 6.00. The van der Waals surface area contributed by atoms with Crippen LogP contribution in [0.4, 0.5) is 0 Å². The molecule has 2 heterocycles. The maximum Gasteiger partial charge on any atom is 0.329 e. The van der Waals surface area contributed by atoms with Crippen LogP contribution in [0.15, 0.2) is 30.5 Å². The number of rotatable bonds is 3. The van der Waals surface area contributed by atoms with Gasteiger partial charge in [0, 0.05) is 48.7 Å². The molecule has 0 bridgehead atoms. The lowest BCUT2D eigenvalue weighted by atomic mass is 9.89. The van der Waals surface area contributed by atoms with Gasteiger partial charge in [0.25, 0.3) is 5.91 Å². The number of carboxylic acid groups (broad SMARTS) is 1. The van der Waals surface area contributed by atoms with Gasteiger partial charge in [0.05, 0.1) is 0 Å². The number of amides is 1. The minimum Gasteiger partial charge on any atom is -0.480 e. The van der Waals surface area contributed by atoms with Crippen molar-refractivity contribution in [3.05, 3.63) is 36.0 Å². The first-order valence-corrected chi connectivity index (χ1v) is 6.82. The van der Waals surface area contributed by atoms with E-state index in [1.165, 1.54) is 0 Å². The Morgan fingerprint density at radius 1 is 1.24 bits per heavy atom. The van der Waals surface area contributed by atoms with Gasteiger partial charge in [0.1, 0.15) is 5.54 Å². The quantitative estimate of drug-likeness (QED) is 0.798. The Labute approximate surface area is 121 Å². The largest absolute Gasteiger partial charge is 0.480 e. The van der Waals surface area contributed by atoms with Gasteiger partial charge in [0.15, 0.2) is 0 Å². The maximum absolute atomic E-state index is 12.4. The molecule has 3 N–H and O–H groups in total. The molecule has 110 valence electrons. The molecule has 1 amide bonds. The summed E-state index contributed by atoms with van der Waals surface area (Å²) >= 11 is 0. The van der Waals surface area contributed by atoms with E-state index >= 15 is 0 Å². The molecule has 1 aliphatic heterocycles. The second-order valence-corrected chi connectivity index (χ2v) is 5.23. The predicted molar refractivity (Wildman–Crippen MR) is 76.2 cm³/mol. The number of nitrogens with one attached hydrogen (secondary N) is 2. The number of hydrogen-bond donors (Lipinski definition) is 3. The molecule has 6 nitrogen and oxygen atoms in total. The molecule has 0 saturated carbocycles. The number of hydrogen-bond acceptors (Lipinski definition) is 3. The normalized spacial score (nSPS) is 17.5. The van der Waals surface area contributed by atoms with E-state index in [0.717, 1.165) is 10.9 Å². The van der Waals surface area contributed by atoms with Crippen molar-refractivity contribution in [2.75, 3.05) is 13.2 Å². The van der Waals surface area contributed by atoms with E-state index in [1.54, 1.807) is 18.3 Å². The van der Waals surface area contributed by atoms with Crippen LogP contribution in [-0.4, -0.2) is 40.7 Å². The maximum atomic E-state index is 12.4. The fourth-order valence-corrected chi connectivity index (χ4v) is 2.60. The average molecular weight is 288 g/mol. The first kappa shape index (κ1) is 13.6. The average Bonchev–Trinajstić information content (AvgIpc) is 2.95. The highest BCUT2D eigenvalue weighted by atomic mass is 16.5. The number of benzene rings is 1. The third kappa shape index (κ3) is 2.50. The third-order valence-electron chi connectivity index (χ3n) is 3.92. The standard InChI is InChI=1S/C15H16N2O4/c18-13(11-1-2-12-10(9-11)3-6-16-12)17-15(14(19)20)4-7-21-8-5-15/h1-3,6,9,16H,4-5,7-8H2,(H,17,18)(H,19,20). The van der Waals surface area contributed by atoms with Crippen LogP contribution in [-0.2, 0) is 9.53 Å².